The molecule has 4 aliphatic heterocycles. The van der Waals surface area contributed by atoms with E-state index in [1.807, 2.05) is 30.8 Å². The summed E-state index contributed by atoms with van der Waals surface area (Å²) in [4.78, 5) is 40.5. The van der Waals surface area contributed by atoms with Crippen LogP contribution in [0, 0.1) is 26.0 Å². The van der Waals surface area contributed by atoms with Crippen molar-refractivity contribution in [2.45, 2.75) is 103 Å². The van der Waals surface area contributed by atoms with Gasteiger partial charge in [0, 0.05) is 103 Å². The van der Waals surface area contributed by atoms with Crippen LogP contribution in [0.15, 0.2) is 49.1 Å². The molecule has 4 fully saturated rings. The van der Waals surface area contributed by atoms with E-state index in [2.05, 4.69) is 35.1 Å². The van der Waals surface area contributed by atoms with Gasteiger partial charge >= 0.3 is 114 Å². The molecule has 22 heteroatoms. The van der Waals surface area contributed by atoms with Crippen molar-refractivity contribution in [3.8, 4) is 33.8 Å². The molecule has 0 radical (unpaired) electrons. The summed E-state index contributed by atoms with van der Waals surface area (Å²) in [6.07, 6.45) is 20.1. The molecule has 0 saturated carbocycles. The minimum Gasteiger partial charge on any atom is -1.00 e. The van der Waals surface area contributed by atoms with Crippen LogP contribution in [0.1, 0.15) is 79.5 Å². The summed E-state index contributed by atoms with van der Waals surface area (Å²) in [6.45, 7) is 14.7. The first-order valence-corrected chi connectivity index (χ1v) is 22.7. The Labute approximate surface area is 479 Å². The summed E-state index contributed by atoms with van der Waals surface area (Å²) in [6, 6.07) is 7.20. The summed E-state index contributed by atoms with van der Waals surface area (Å²) in [5, 5.41) is 42.8. The number of halogens is 1. The zero-order valence-corrected chi connectivity index (χ0v) is 46.3. The number of anilines is 1. The largest absolute Gasteiger partial charge is 1.00 e. The van der Waals surface area contributed by atoms with Gasteiger partial charge < -0.3 is 41.1 Å². The normalized spacial score (nSPS) is 16.8. The van der Waals surface area contributed by atoms with Gasteiger partial charge in [-0.05, 0) is 104 Å². The monoisotopic (exact) mass is 986 g/mol. The minimum absolute atomic E-state index is 0. The van der Waals surface area contributed by atoms with Crippen molar-refractivity contribution in [1.29, 1.82) is 0 Å². The van der Waals surface area contributed by atoms with E-state index >= 15 is 0 Å². The number of ether oxygens (including phenoxy) is 2. The number of nitrogens with zero attached hydrogens (tertiary/aromatic N) is 9. The molecule has 0 atom stereocenters. The number of nitro groups is 2. The van der Waals surface area contributed by atoms with Gasteiger partial charge in [-0.15, -0.1) is 0 Å². The molecule has 1 N–H and O–H groups in total. The summed E-state index contributed by atoms with van der Waals surface area (Å²) in [7, 11) is 2.75. The Bertz CT molecular complexity index is 2110. The van der Waals surface area contributed by atoms with Crippen LogP contribution < -0.4 is 128 Å². The maximum atomic E-state index is 13.9. The van der Waals surface area contributed by atoms with E-state index in [0.29, 0.717) is 23.9 Å². The summed E-state index contributed by atoms with van der Waals surface area (Å²) < 4.78 is 27.6. The third-order valence-electron chi connectivity index (χ3n) is 12.5. The number of nitro benzene ring substituents is 2. The molecule has 0 spiro atoms. The maximum Gasteiger partial charge on any atom is 1.00 e. The van der Waals surface area contributed by atoms with E-state index in [1.165, 1.54) is 111 Å². The average molecular weight is 987 g/mol. The van der Waals surface area contributed by atoms with Crippen molar-refractivity contribution in [1.82, 2.24) is 34.7 Å². The van der Waals surface area contributed by atoms with Gasteiger partial charge in [0.15, 0.2) is 11.5 Å². The molecule has 4 aliphatic rings. The molecule has 2 aromatic heterocycles. The smallest absolute Gasteiger partial charge is 1.00 e. The number of carbonyl (C=O) groups excluding carboxylic acids is 1. The van der Waals surface area contributed by atoms with Crippen molar-refractivity contribution in [3.63, 3.8) is 0 Å². The van der Waals surface area contributed by atoms with Crippen molar-refractivity contribution >= 4 is 23.5 Å². The Morgan fingerprint density at radius 1 is 0.716 bits per heavy atom. The topological polar surface area (TPSA) is 211 Å². The molecule has 2 aromatic carbocycles. The van der Waals surface area contributed by atoms with Crippen LogP contribution in [-0.4, -0.2) is 124 Å². The molecule has 8 rings (SSSR count). The zero-order valence-electron chi connectivity index (χ0n) is 41.1. The standard InChI is InChI=1S/C22H31N5O3.C12H12FN3O3.C10H20N2.CH2O3.2K.H/c1-3-26-16-17(15-23-26)19-13-21(27(28)29)22(30-2)14-20(19)25-11-7-18(8-12-25)24-9-5-4-6-10-24;1-3-15-7-8(6-14-15)9-4-11(16(17)18)12(19-2)5-10(9)13;1-2-8-12(9-3-1)10-4-6-11-7-5-10;2-1-4-3;;;/h13-16,18H,3-12H2,1-2H3;4-7H,3H2,1-2H3;10-11H,1-9H2;1,3H;;;/q;;;;2*+1;-1/p-1. The van der Waals surface area contributed by atoms with Gasteiger partial charge in [-0.2, -0.15) is 10.2 Å². The van der Waals surface area contributed by atoms with Crippen LogP contribution >= 0.6 is 0 Å². The number of likely N-dealkylation sites (tertiary alicyclic amines) is 2. The van der Waals surface area contributed by atoms with Gasteiger partial charge in [0.2, 0.25) is 0 Å². The Hall–Kier alpha value is -2.43. The SMILES string of the molecule is C1CCN(C2CCNCC2)CC1.CCn1cc(-c2cc([N+](=O)[O-])c(OC)cc2F)cn1.CCn1cc(-c2cc([N+](=O)[O-])c(OC)cc2N2CCC(N3CCCCC3)CC2)cn1.O=CO[O-].[H-].[K+].[K+]. The second-order valence-electron chi connectivity index (χ2n) is 16.3. The molecular weight excluding hydrogens is 922 g/mol. The summed E-state index contributed by atoms with van der Waals surface area (Å²) in [5.74, 6) is -0.382. The van der Waals surface area contributed by atoms with E-state index in [1.54, 1.807) is 23.1 Å². The number of nitrogens with one attached hydrogen (secondary N) is 1. The Morgan fingerprint density at radius 3 is 1.57 bits per heavy atom. The third kappa shape index (κ3) is 17.1. The molecule has 0 amide bonds. The van der Waals surface area contributed by atoms with Crippen LogP contribution in [0.2, 0.25) is 0 Å². The predicted octanol–water partition coefficient (Wildman–Crippen LogP) is 0.347. The van der Waals surface area contributed by atoms with E-state index < -0.39 is 10.7 Å². The van der Waals surface area contributed by atoms with Gasteiger partial charge in [0.25, 0.3) is 6.47 Å². The van der Waals surface area contributed by atoms with Gasteiger partial charge in [-0.25, -0.2) is 4.39 Å². The number of hydrogen-bond donors (Lipinski definition) is 1. The summed E-state index contributed by atoms with van der Waals surface area (Å²) >= 11 is 0. The molecule has 4 saturated heterocycles. The van der Waals surface area contributed by atoms with Crippen molar-refractivity contribution < 1.29 is 143 Å². The van der Waals surface area contributed by atoms with Gasteiger partial charge in [0.1, 0.15) is 5.82 Å². The first-order chi connectivity index (χ1) is 31.5. The number of rotatable bonds is 12. The van der Waals surface area contributed by atoms with Crippen LogP contribution in [0.4, 0.5) is 21.5 Å². The number of methoxy groups -OCH3 is 2. The van der Waals surface area contributed by atoms with Crippen LogP contribution in [0.5, 0.6) is 11.5 Å². The molecule has 0 aliphatic carbocycles. The van der Waals surface area contributed by atoms with Crippen LogP contribution in [0.3, 0.4) is 0 Å². The molecule has 67 heavy (non-hydrogen) atoms. The molecule has 358 valence electrons. The fraction of sp³-hybridized carbons (Fsp3) is 0.578. The number of carbonyl (C=O) groups is 1. The van der Waals surface area contributed by atoms with Gasteiger partial charge in [-0.1, -0.05) is 12.8 Å². The van der Waals surface area contributed by atoms with E-state index in [9.17, 15) is 24.6 Å². The molecule has 4 aromatic rings. The molecule has 0 bridgehead atoms. The second kappa shape index (κ2) is 31.0. The number of benzene rings is 2. The Morgan fingerprint density at radius 2 is 1.15 bits per heavy atom. The quantitative estimate of drug-likeness (QED) is 0.0668. The van der Waals surface area contributed by atoms with Crippen molar-refractivity contribution in [2.75, 3.05) is 71.5 Å². The summed E-state index contributed by atoms with van der Waals surface area (Å²) in [5.41, 5.74) is 3.07. The Balaban J connectivity index is 0.000000358. The molecule has 19 nitrogen and oxygen atoms in total. The van der Waals surface area contributed by atoms with Crippen LogP contribution in [0.25, 0.3) is 22.3 Å². The van der Waals surface area contributed by atoms with Crippen LogP contribution in [-0.2, 0) is 22.8 Å². The van der Waals surface area contributed by atoms with E-state index in [4.69, 9.17) is 19.5 Å². The molecule has 0 unspecified atom stereocenters. The van der Waals surface area contributed by atoms with Gasteiger partial charge in [-0.3, -0.25) is 34.4 Å². The van der Waals surface area contributed by atoms with Crippen molar-refractivity contribution in [3.05, 3.63) is 75.1 Å². The van der Waals surface area contributed by atoms with Gasteiger partial charge in [0.05, 0.1) is 36.5 Å². The minimum atomic E-state index is -0.605. The number of hydrogen-bond acceptors (Lipinski definition) is 15. The average Bonchev–Trinajstić information content (AvgIpc) is 4.05. The second-order valence-corrected chi connectivity index (χ2v) is 16.3. The number of piperidine rings is 4. The van der Waals surface area contributed by atoms with Crippen molar-refractivity contribution in [2.24, 2.45) is 0 Å². The fourth-order valence-electron chi connectivity index (χ4n) is 8.99. The number of aromatic nitrogens is 4. The molecule has 6 heterocycles. The predicted molar refractivity (Wildman–Crippen MR) is 243 cm³/mol. The molecular formula is C45H65FK2N10O9. The zero-order chi connectivity index (χ0) is 46.7. The van der Waals surface area contributed by atoms with E-state index in [0.717, 1.165) is 67.5 Å². The number of aryl methyl sites for hydroxylation is 2. The third-order valence-corrected chi connectivity index (χ3v) is 12.5. The first-order valence-electron chi connectivity index (χ1n) is 22.7. The fourth-order valence-corrected chi connectivity index (χ4v) is 8.99. The maximum absolute atomic E-state index is 13.9. The van der Waals surface area contributed by atoms with E-state index in [-0.39, 0.29) is 138 Å². The Kier molecular flexibility index (Phi) is 27.3. The first kappa shape index (κ1) is 58.9.